The first-order chi connectivity index (χ1) is 9.72. The number of ether oxygens (including phenoxy) is 1. The molecule has 0 atom stereocenters. The van der Waals surface area contributed by atoms with Crippen LogP contribution < -0.4 is 5.32 Å². The van der Waals surface area contributed by atoms with Crippen LogP contribution in [0.1, 0.15) is 17.0 Å². The standard InChI is InChI=1S/C14H23N5O/c1-12-13(10-15-7-9-20-3)11-17-19(12)8-5-14-4-6-16-18(14)2/h4,6,11,15H,5,7-10H2,1-3H3. The third-order valence-electron chi connectivity index (χ3n) is 3.51. The van der Waals surface area contributed by atoms with E-state index in [9.17, 15) is 0 Å². The van der Waals surface area contributed by atoms with Gasteiger partial charge >= 0.3 is 0 Å². The van der Waals surface area contributed by atoms with E-state index in [1.54, 1.807) is 7.11 Å². The van der Waals surface area contributed by atoms with Crippen LogP contribution in [0.5, 0.6) is 0 Å². The summed E-state index contributed by atoms with van der Waals surface area (Å²) in [5, 5.41) is 12.0. The highest BCUT2D eigenvalue weighted by Gasteiger charge is 2.07. The monoisotopic (exact) mass is 277 g/mol. The van der Waals surface area contributed by atoms with Gasteiger partial charge in [-0.2, -0.15) is 10.2 Å². The van der Waals surface area contributed by atoms with Gasteiger partial charge in [-0.25, -0.2) is 0 Å². The van der Waals surface area contributed by atoms with Gasteiger partial charge in [0, 0.05) is 63.4 Å². The first-order valence-corrected chi connectivity index (χ1v) is 6.90. The topological polar surface area (TPSA) is 56.9 Å². The fraction of sp³-hybridized carbons (Fsp3) is 0.571. The molecule has 0 radical (unpaired) electrons. The van der Waals surface area contributed by atoms with Gasteiger partial charge in [-0.1, -0.05) is 0 Å². The molecule has 0 unspecified atom stereocenters. The summed E-state index contributed by atoms with van der Waals surface area (Å²) in [6.45, 7) is 5.41. The van der Waals surface area contributed by atoms with Crippen molar-refractivity contribution in [2.75, 3.05) is 20.3 Å². The minimum Gasteiger partial charge on any atom is -0.383 e. The molecule has 0 aliphatic heterocycles. The molecular weight excluding hydrogens is 254 g/mol. The van der Waals surface area contributed by atoms with Crippen LogP contribution in [0, 0.1) is 6.92 Å². The number of aromatic nitrogens is 4. The zero-order valence-electron chi connectivity index (χ0n) is 12.5. The molecule has 2 heterocycles. The number of hydrogen-bond acceptors (Lipinski definition) is 4. The van der Waals surface area contributed by atoms with Crippen LogP contribution in [0.15, 0.2) is 18.5 Å². The maximum Gasteiger partial charge on any atom is 0.0587 e. The Labute approximate surface area is 119 Å². The molecule has 1 N–H and O–H groups in total. The molecule has 0 saturated heterocycles. The molecule has 20 heavy (non-hydrogen) atoms. The summed E-state index contributed by atoms with van der Waals surface area (Å²) in [4.78, 5) is 0. The van der Waals surface area contributed by atoms with Gasteiger partial charge in [0.15, 0.2) is 0 Å². The second kappa shape index (κ2) is 7.21. The molecule has 110 valence electrons. The number of nitrogens with one attached hydrogen (secondary N) is 1. The Morgan fingerprint density at radius 2 is 2.20 bits per heavy atom. The van der Waals surface area contributed by atoms with Crippen molar-refractivity contribution >= 4 is 0 Å². The van der Waals surface area contributed by atoms with Crippen molar-refractivity contribution < 1.29 is 4.74 Å². The van der Waals surface area contributed by atoms with Crippen LogP contribution in [-0.2, 0) is 31.3 Å². The lowest BCUT2D eigenvalue weighted by Gasteiger charge is -2.07. The highest BCUT2D eigenvalue weighted by atomic mass is 16.5. The molecule has 2 rings (SSSR count). The normalized spacial score (nSPS) is 11.2. The SMILES string of the molecule is COCCNCc1cnn(CCc2ccnn2C)c1C. The smallest absolute Gasteiger partial charge is 0.0587 e. The predicted molar refractivity (Wildman–Crippen MR) is 77.5 cm³/mol. The van der Waals surface area contributed by atoms with Crippen molar-refractivity contribution in [2.24, 2.45) is 7.05 Å². The molecule has 0 fully saturated rings. The lowest BCUT2D eigenvalue weighted by atomic mass is 10.2. The molecule has 0 bridgehead atoms. The van der Waals surface area contributed by atoms with Gasteiger partial charge in [-0.3, -0.25) is 9.36 Å². The molecule has 0 saturated carbocycles. The summed E-state index contributed by atoms with van der Waals surface area (Å²) in [7, 11) is 3.68. The van der Waals surface area contributed by atoms with E-state index in [1.165, 1.54) is 17.0 Å². The van der Waals surface area contributed by atoms with Crippen molar-refractivity contribution in [1.29, 1.82) is 0 Å². The summed E-state index contributed by atoms with van der Waals surface area (Å²) in [6.07, 6.45) is 4.71. The Morgan fingerprint density at radius 1 is 1.35 bits per heavy atom. The second-order valence-electron chi connectivity index (χ2n) is 4.84. The van der Waals surface area contributed by atoms with E-state index in [0.717, 1.165) is 32.7 Å². The zero-order valence-corrected chi connectivity index (χ0v) is 12.5. The first-order valence-electron chi connectivity index (χ1n) is 6.90. The van der Waals surface area contributed by atoms with Gasteiger partial charge in [0.1, 0.15) is 0 Å². The number of aryl methyl sites for hydroxylation is 3. The maximum atomic E-state index is 5.01. The van der Waals surface area contributed by atoms with Crippen molar-refractivity contribution in [2.45, 2.75) is 26.4 Å². The van der Waals surface area contributed by atoms with Gasteiger partial charge in [0.2, 0.25) is 0 Å². The highest BCUT2D eigenvalue weighted by molar-refractivity contribution is 5.16. The van der Waals surface area contributed by atoms with E-state index in [1.807, 2.05) is 30.2 Å². The third kappa shape index (κ3) is 3.68. The average molecular weight is 277 g/mol. The van der Waals surface area contributed by atoms with E-state index in [4.69, 9.17) is 4.74 Å². The van der Waals surface area contributed by atoms with Gasteiger partial charge in [0.25, 0.3) is 0 Å². The number of nitrogens with zero attached hydrogens (tertiary/aromatic N) is 4. The summed E-state index contributed by atoms with van der Waals surface area (Å²) in [5.41, 5.74) is 3.68. The second-order valence-corrected chi connectivity index (χ2v) is 4.84. The molecule has 2 aromatic heterocycles. The summed E-state index contributed by atoms with van der Waals surface area (Å²) in [5.74, 6) is 0. The van der Waals surface area contributed by atoms with E-state index in [2.05, 4.69) is 27.1 Å². The van der Waals surface area contributed by atoms with Crippen LogP contribution in [0.25, 0.3) is 0 Å². The molecule has 0 amide bonds. The summed E-state index contributed by atoms with van der Waals surface area (Å²) in [6, 6.07) is 2.05. The molecule has 0 aliphatic carbocycles. The van der Waals surface area contributed by atoms with Gasteiger partial charge in [-0.05, 0) is 13.0 Å². The minimum absolute atomic E-state index is 0.730. The lowest BCUT2D eigenvalue weighted by Crippen LogP contribution is -2.19. The largest absolute Gasteiger partial charge is 0.383 e. The predicted octanol–water partition coefficient (Wildman–Crippen LogP) is 0.904. The molecule has 0 aliphatic rings. The average Bonchev–Trinajstić information content (AvgIpc) is 3.00. The molecule has 0 spiro atoms. The van der Waals surface area contributed by atoms with Crippen LogP contribution in [-0.4, -0.2) is 39.8 Å². The molecule has 6 nitrogen and oxygen atoms in total. The van der Waals surface area contributed by atoms with E-state index < -0.39 is 0 Å². The summed E-state index contributed by atoms with van der Waals surface area (Å²) < 4.78 is 8.98. The Bertz CT molecular complexity index is 531. The zero-order chi connectivity index (χ0) is 14.4. The Morgan fingerprint density at radius 3 is 2.90 bits per heavy atom. The fourth-order valence-corrected chi connectivity index (χ4v) is 2.15. The van der Waals surface area contributed by atoms with E-state index in [-0.39, 0.29) is 0 Å². The fourth-order valence-electron chi connectivity index (χ4n) is 2.15. The number of hydrogen-bond donors (Lipinski definition) is 1. The third-order valence-corrected chi connectivity index (χ3v) is 3.51. The molecule has 2 aromatic rings. The number of methoxy groups -OCH3 is 1. The van der Waals surface area contributed by atoms with Gasteiger partial charge in [0.05, 0.1) is 12.8 Å². The quantitative estimate of drug-likeness (QED) is 0.729. The Kier molecular flexibility index (Phi) is 5.31. The van der Waals surface area contributed by atoms with Crippen LogP contribution in [0.2, 0.25) is 0 Å². The van der Waals surface area contributed by atoms with Crippen LogP contribution >= 0.6 is 0 Å². The van der Waals surface area contributed by atoms with Crippen molar-refractivity contribution in [1.82, 2.24) is 24.9 Å². The van der Waals surface area contributed by atoms with Gasteiger partial charge in [-0.15, -0.1) is 0 Å². The van der Waals surface area contributed by atoms with Crippen molar-refractivity contribution in [3.8, 4) is 0 Å². The first kappa shape index (κ1) is 14.7. The van der Waals surface area contributed by atoms with Crippen molar-refractivity contribution in [3.63, 3.8) is 0 Å². The van der Waals surface area contributed by atoms with Crippen molar-refractivity contribution in [3.05, 3.63) is 35.4 Å². The number of rotatable bonds is 8. The lowest BCUT2D eigenvalue weighted by molar-refractivity contribution is 0.199. The molecule has 6 heteroatoms. The van der Waals surface area contributed by atoms with E-state index in [0.29, 0.717) is 0 Å². The molecular formula is C14H23N5O. The Balaban J connectivity index is 1.86. The highest BCUT2D eigenvalue weighted by Crippen LogP contribution is 2.08. The maximum absolute atomic E-state index is 5.01. The van der Waals surface area contributed by atoms with Crippen LogP contribution in [0.3, 0.4) is 0 Å². The van der Waals surface area contributed by atoms with Gasteiger partial charge < -0.3 is 10.1 Å². The molecule has 0 aromatic carbocycles. The van der Waals surface area contributed by atoms with E-state index >= 15 is 0 Å². The minimum atomic E-state index is 0.730. The van der Waals surface area contributed by atoms with Crippen LogP contribution in [0.4, 0.5) is 0 Å². The Hall–Kier alpha value is -1.66. The summed E-state index contributed by atoms with van der Waals surface area (Å²) >= 11 is 0.